The first-order valence-electron chi connectivity index (χ1n) is 8.20. The van der Waals surface area contributed by atoms with Crippen LogP contribution in [0.4, 0.5) is 0 Å². The molecule has 1 unspecified atom stereocenters. The monoisotopic (exact) mass is 285 g/mol. The van der Waals surface area contributed by atoms with Gasteiger partial charge < -0.3 is 4.90 Å². The van der Waals surface area contributed by atoms with E-state index in [4.69, 9.17) is 0 Å². The Bertz CT molecular complexity index is 500. The molecule has 21 heavy (non-hydrogen) atoms. The van der Waals surface area contributed by atoms with Crippen LogP contribution in [0.15, 0.2) is 24.5 Å². The van der Waals surface area contributed by atoms with E-state index >= 15 is 0 Å². The van der Waals surface area contributed by atoms with E-state index in [1.165, 1.54) is 18.4 Å². The van der Waals surface area contributed by atoms with Crippen molar-refractivity contribution in [3.8, 4) is 0 Å². The van der Waals surface area contributed by atoms with Gasteiger partial charge in [-0.25, -0.2) is 0 Å². The van der Waals surface area contributed by atoms with Crippen molar-refractivity contribution >= 4 is 5.91 Å². The van der Waals surface area contributed by atoms with E-state index in [0.29, 0.717) is 11.8 Å². The Hall–Kier alpha value is -1.42. The maximum absolute atomic E-state index is 12.2. The molecule has 0 spiro atoms. The SMILES string of the molecule is O=C(CC1[C@H]2CN(Cc3cccnc3)C[C@@H]12)N1CCCC1. The zero-order valence-electron chi connectivity index (χ0n) is 12.4. The fourth-order valence-corrected chi connectivity index (χ4v) is 4.22. The van der Waals surface area contributed by atoms with Crippen molar-refractivity contribution in [2.45, 2.75) is 25.8 Å². The van der Waals surface area contributed by atoms with Gasteiger partial charge in [0.2, 0.25) is 5.91 Å². The molecule has 112 valence electrons. The zero-order valence-corrected chi connectivity index (χ0v) is 12.4. The molecule has 1 aromatic rings. The molecule has 4 nitrogen and oxygen atoms in total. The predicted molar refractivity (Wildman–Crippen MR) is 80.4 cm³/mol. The second kappa shape index (κ2) is 5.41. The summed E-state index contributed by atoms with van der Waals surface area (Å²) in [5.74, 6) is 2.62. The molecule has 2 aliphatic heterocycles. The maximum atomic E-state index is 12.2. The van der Waals surface area contributed by atoms with E-state index in [9.17, 15) is 4.79 Å². The van der Waals surface area contributed by atoms with Crippen molar-refractivity contribution in [2.24, 2.45) is 17.8 Å². The smallest absolute Gasteiger partial charge is 0.222 e. The third-order valence-corrected chi connectivity index (χ3v) is 5.45. The lowest BCUT2D eigenvalue weighted by Gasteiger charge is -2.20. The number of amides is 1. The molecule has 0 N–H and O–H groups in total. The summed E-state index contributed by atoms with van der Waals surface area (Å²) in [6.07, 6.45) is 6.98. The first-order valence-corrected chi connectivity index (χ1v) is 8.20. The summed E-state index contributed by atoms with van der Waals surface area (Å²) in [4.78, 5) is 21.0. The average Bonchev–Trinajstić information content (AvgIpc) is 2.96. The van der Waals surface area contributed by atoms with Gasteiger partial charge in [-0.05, 0) is 42.2 Å². The predicted octanol–water partition coefficient (Wildman–Crippen LogP) is 1.77. The van der Waals surface area contributed by atoms with E-state index in [1.54, 1.807) is 0 Å². The molecule has 1 aliphatic carbocycles. The Balaban J connectivity index is 1.25. The molecule has 4 rings (SSSR count). The first kappa shape index (κ1) is 13.3. The molecule has 3 atom stereocenters. The summed E-state index contributed by atoms with van der Waals surface area (Å²) < 4.78 is 0. The van der Waals surface area contributed by atoms with Gasteiger partial charge in [-0.3, -0.25) is 14.7 Å². The molecule has 0 bridgehead atoms. The Morgan fingerprint density at radius 3 is 2.67 bits per heavy atom. The number of hydrogen-bond donors (Lipinski definition) is 0. The van der Waals surface area contributed by atoms with Crippen LogP contribution in [0.1, 0.15) is 24.8 Å². The van der Waals surface area contributed by atoms with E-state index in [2.05, 4.69) is 20.9 Å². The first-order chi connectivity index (χ1) is 10.3. The van der Waals surface area contributed by atoms with Gasteiger partial charge in [0.1, 0.15) is 0 Å². The van der Waals surface area contributed by atoms with Gasteiger partial charge in [-0.2, -0.15) is 0 Å². The highest BCUT2D eigenvalue weighted by molar-refractivity contribution is 5.77. The van der Waals surface area contributed by atoms with E-state index in [-0.39, 0.29) is 0 Å². The topological polar surface area (TPSA) is 36.4 Å². The lowest BCUT2D eigenvalue weighted by atomic mass is 10.1. The second-order valence-corrected chi connectivity index (χ2v) is 6.84. The van der Waals surface area contributed by atoms with Crippen LogP contribution in [-0.4, -0.2) is 46.9 Å². The molecule has 1 saturated carbocycles. The Kier molecular flexibility index (Phi) is 3.42. The minimum Gasteiger partial charge on any atom is -0.343 e. The van der Waals surface area contributed by atoms with Gasteiger partial charge in [0.05, 0.1) is 0 Å². The Morgan fingerprint density at radius 2 is 2.00 bits per heavy atom. The van der Waals surface area contributed by atoms with Gasteiger partial charge >= 0.3 is 0 Å². The molecule has 1 amide bonds. The van der Waals surface area contributed by atoms with E-state index < -0.39 is 0 Å². The van der Waals surface area contributed by atoms with Gasteiger partial charge in [0.15, 0.2) is 0 Å². The fourth-order valence-electron chi connectivity index (χ4n) is 4.22. The Labute approximate surface area is 126 Å². The molecule has 3 fully saturated rings. The van der Waals surface area contributed by atoms with Gasteiger partial charge in [0, 0.05) is 51.5 Å². The molecule has 3 heterocycles. The van der Waals surface area contributed by atoms with Crippen LogP contribution in [0.5, 0.6) is 0 Å². The molecular formula is C17H23N3O. The van der Waals surface area contributed by atoms with Crippen molar-refractivity contribution in [3.63, 3.8) is 0 Å². The summed E-state index contributed by atoms with van der Waals surface area (Å²) in [7, 11) is 0. The summed E-state index contributed by atoms with van der Waals surface area (Å²) >= 11 is 0. The van der Waals surface area contributed by atoms with Gasteiger partial charge in [0.25, 0.3) is 0 Å². The lowest BCUT2D eigenvalue weighted by molar-refractivity contribution is -0.130. The van der Waals surface area contributed by atoms with Crippen molar-refractivity contribution in [1.29, 1.82) is 0 Å². The second-order valence-electron chi connectivity index (χ2n) is 6.84. The summed E-state index contributed by atoms with van der Waals surface area (Å²) in [6, 6.07) is 4.15. The van der Waals surface area contributed by atoms with Crippen LogP contribution in [0, 0.1) is 17.8 Å². The molecule has 1 aromatic heterocycles. The number of carbonyl (C=O) groups is 1. The number of pyridine rings is 1. The quantitative estimate of drug-likeness (QED) is 0.846. The summed E-state index contributed by atoms with van der Waals surface area (Å²) in [5, 5.41) is 0. The minimum absolute atomic E-state index is 0.408. The van der Waals surface area contributed by atoms with E-state index in [0.717, 1.165) is 51.0 Å². The minimum atomic E-state index is 0.408. The number of nitrogens with zero attached hydrogens (tertiary/aromatic N) is 3. The maximum Gasteiger partial charge on any atom is 0.222 e. The van der Waals surface area contributed by atoms with Crippen molar-refractivity contribution in [2.75, 3.05) is 26.2 Å². The number of likely N-dealkylation sites (tertiary alicyclic amines) is 2. The average molecular weight is 285 g/mol. The highest BCUT2D eigenvalue weighted by Gasteiger charge is 2.55. The van der Waals surface area contributed by atoms with Crippen molar-refractivity contribution in [1.82, 2.24) is 14.8 Å². The lowest BCUT2D eigenvalue weighted by Crippen LogP contribution is -2.30. The molecule has 4 heteroatoms. The zero-order chi connectivity index (χ0) is 14.2. The summed E-state index contributed by atoms with van der Waals surface area (Å²) in [5.41, 5.74) is 1.29. The highest BCUT2D eigenvalue weighted by atomic mass is 16.2. The Morgan fingerprint density at radius 1 is 1.24 bits per heavy atom. The van der Waals surface area contributed by atoms with Gasteiger partial charge in [-0.1, -0.05) is 6.07 Å². The van der Waals surface area contributed by atoms with Crippen LogP contribution >= 0.6 is 0 Å². The van der Waals surface area contributed by atoms with Gasteiger partial charge in [-0.15, -0.1) is 0 Å². The van der Waals surface area contributed by atoms with Crippen molar-refractivity contribution < 1.29 is 4.79 Å². The highest BCUT2D eigenvalue weighted by Crippen LogP contribution is 2.54. The number of carbonyl (C=O) groups excluding carboxylic acids is 1. The number of piperidine rings is 1. The van der Waals surface area contributed by atoms with Crippen LogP contribution in [0.25, 0.3) is 0 Å². The molecule has 0 radical (unpaired) electrons. The standard InChI is InChI=1S/C17H23N3O/c21-17(20-6-1-2-7-20)8-14-15-11-19(12-16(14)15)10-13-4-3-5-18-9-13/h3-5,9,14-16H,1-2,6-8,10-12H2/t14?,15-,16+. The molecular weight excluding hydrogens is 262 g/mol. The fraction of sp³-hybridized carbons (Fsp3) is 0.647. The molecule has 3 aliphatic rings. The third kappa shape index (κ3) is 2.69. The molecule has 2 saturated heterocycles. The number of hydrogen-bond acceptors (Lipinski definition) is 3. The van der Waals surface area contributed by atoms with Crippen LogP contribution in [0.3, 0.4) is 0 Å². The van der Waals surface area contributed by atoms with E-state index in [1.807, 2.05) is 18.5 Å². The van der Waals surface area contributed by atoms with Crippen LogP contribution in [-0.2, 0) is 11.3 Å². The largest absolute Gasteiger partial charge is 0.343 e. The molecule has 0 aromatic carbocycles. The normalized spacial score (nSPS) is 31.4. The van der Waals surface area contributed by atoms with Crippen LogP contribution < -0.4 is 0 Å². The van der Waals surface area contributed by atoms with Crippen LogP contribution in [0.2, 0.25) is 0 Å². The number of fused-ring (bicyclic) bond motifs is 1. The third-order valence-electron chi connectivity index (χ3n) is 5.45. The number of rotatable bonds is 4. The number of aromatic nitrogens is 1. The van der Waals surface area contributed by atoms with Crippen molar-refractivity contribution in [3.05, 3.63) is 30.1 Å². The summed E-state index contributed by atoms with van der Waals surface area (Å²) in [6.45, 7) is 5.32.